The molecule has 0 bridgehead atoms. The molecule has 1 aliphatic rings. The van der Waals surface area contributed by atoms with Gasteiger partial charge in [-0.15, -0.1) is 0 Å². The summed E-state index contributed by atoms with van der Waals surface area (Å²) < 4.78 is 25.2. The summed E-state index contributed by atoms with van der Waals surface area (Å²) in [6.45, 7) is 1.59. The largest absolute Gasteiger partial charge is 0.481 e. The molecule has 1 N–H and O–H groups in total. The van der Waals surface area contributed by atoms with Gasteiger partial charge >= 0.3 is 5.97 Å². The molecule has 6 nitrogen and oxygen atoms in total. The van der Waals surface area contributed by atoms with E-state index in [1.54, 1.807) is 6.07 Å². The van der Waals surface area contributed by atoms with E-state index in [4.69, 9.17) is 10.4 Å². The van der Waals surface area contributed by atoms with Gasteiger partial charge in [0.1, 0.15) is 0 Å². The van der Waals surface area contributed by atoms with Crippen molar-refractivity contribution in [3.63, 3.8) is 0 Å². The van der Waals surface area contributed by atoms with Crippen LogP contribution in [-0.4, -0.2) is 53.1 Å². The average molecular weight is 278 g/mol. The number of carbonyl (C=O) groups is 1. The fourth-order valence-electron chi connectivity index (χ4n) is 1.61. The number of aliphatic carboxylic acids is 1. The minimum atomic E-state index is -3.71. The Bertz CT molecular complexity index is 429. The van der Waals surface area contributed by atoms with Crippen LogP contribution in [0.3, 0.4) is 0 Å². The van der Waals surface area contributed by atoms with E-state index in [1.165, 1.54) is 23.0 Å². The fraction of sp³-hybridized carbons (Fsp3) is 0.778. The molecule has 0 saturated carbocycles. The van der Waals surface area contributed by atoms with E-state index in [1.807, 2.05) is 0 Å². The van der Waals surface area contributed by atoms with Crippen molar-refractivity contribution in [2.45, 2.75) is 24.6 Å². The molecular formula is C9H14N2O4S2. The number of hydrogen-bond acceptors (Lipinski definition) is 5. The first-order chi connectivity index (χ1) is 7.89. The molecule has 0 spiro atoms. The van der Waals surface area contributed by atoms with Gasteiger partial charge in [-0.3, -0.25) is 4.79 Å². The Balaban J connectivity index is 2.92. The van der Waals surface area contributed by atoms with Crippen LogP contribution in [0.5, 0.6) is 0 Å². The summed E-state index contributed by atoms with van der Waals surface area (Å²) >= 11 is 1.53. The van der Waals surface area contributed by atoms with Crippen LogP contribution in [0, 0.1) is 11.3 Å². The monoisotopic (exact) mass is 278 g/mol. The second kappa shape index (κ2) is 5.71. The van der Waals surface area contributed by atoms with E-state index >= 15 is 0 Å². The predicted octanol–water partition coefficient (Wildman–Crippen LogP) is 0.120. The first-order valence-electron chi connectivity index (χ1n) is 5.09. The van der Waals surface area contributed by atoms with Gasteiger partial charge in [0.2, 0.25) is 10.0 Å². The lowest BCUT2D eigenvalue weighted by Gasteiger charge is -2.34. The van der Waals surface area contributed by atoms with E-state index in [-0.39, 0.29) is 13.0 Å². The third-order valence-corrected chi connectivity index (χ3v) is 5.76. The molecule has 0 amide bonds. The molecule has 8 heteroatoms. The van der Waals surface area contributed by atoms with Crippen molar-refractivity contribution in [2.75, 3.05) is 18.1 Å². The number of nitriles is 1. The Kier molecular flexibility index (Phi) is 4.80. The smallest absolute Gasteiger partial charge is 0.305 e. The standard InChI is InChI=1S/C9H14N2O4S2/c1-7(5-10)17(14,15)11-2-3-16-6-8(11)4-9(12)13/h7-8H,2-4,6H2,1H3,(H,12,13). The van der Waals surface area contributed by atoms with Crippen molar-refractivity contribution < 1.29 is 18.3 Å². The van der Waals surface area contributed by atoms with Crippen LogP contribution in [0.4, 0.5) is 0 Å². The minimum Gasteiger partial charge on any atom is -0.481 e. The molecule has 17 heavy (non-hydrogen) atoms. The van der Waals surface area contributed by atoms with Gasteiger partial charge in [0.05, 0.1) is 12.5 Å². The Labute approximate surface area is 105 Å². The summed E-state index contributed by atoms with van der Waals surface area (Å²) in [6.07, 6.45) is -0.218. The fourth-order valence-corrected chi connectivity index (χ4v) is 4.33. The summed E-state index contributed by atoms with van der Waals surface area (Å²) in [5.74, 6) is 0.0688. The van der Waals surface area contributed by atoms with E-state index in [9.17, 15) is 13.2 Å². The normalized spacial score (nSPS) is 23.9. The molecule has 0 aromatic rings. The van der Waals surface area contributed by atoms with Crippen molar-refractivity contribution in [3.05, 3.63) is 0 Å². The van der Waals surface area contributed by atoms with Crippen molar-refractivity contribution in [1.82, 2.24) is 4.31 Å². The Hall–Kier alpha value is -0.780. The molecule has 0 radical (unpaired) electrons. The second-order valence-electron chi connectivity index (χ2n) is 3.75. The van der Waals surface area contributed by atoms with Gasteiger partial charge in [-0.2, -0.15) is 21.3 Å². The maximum atomic E-state index is 12.0. The third kappa shape index (κ3) is 3.34. The topological polar surface area (TPSA) is 98.5 Å². The quantitative estimate of drug-likeness (QED) is 0.784. The Morgan fingerprint density at radius 3 is 2.88 bits per heavy atom. The third-order valence-electron chi connectivity index (χ3n) is 2.54. The Morgan fingerprint density at radius 2 is 2.35 bits per heavy atom. The SMILES string of the molecule is CC(C#N)S(=O)(=O)N1CCSCC1CC(=O)O. The summed E-state index contributed by atoms with van der Waals surface area (Å²) in [5.41, 5.74) is 0. The van der Waals surface area contributed by atoms with Gasteiger partial charge in [-0.05, 0) is 6.92 Å². The molecule has 2 atom stereocenters. The van der Waals surface area contributed by atoms with Crippen molar-refractivity contribution in [2.24, 2.45) is 0 Å². The lowest BCUT2D eigenvalue weighted by Crippen LogP contribution is -2.49. The molecule has 2 unspecified atom stereocenters. The van der Waals surface area contributed by atoms with E-state index < -0.39 is 27.3 Å². The number of rotatable bonds is 4. The second-order valence-corrected chi connectivity index (χ2v) is 7.11. The number of carboxylic acids is 1. The highest BCUT2D eigenvalue weighted by atomic mass is 32.2. The lowest BCUT2D eigenvalue weighted by molar-refractivity contribution is -0.137. The Morgan fingerprint density at radius 1 is 1.71 bits per heavy atom. The van der Waals surface area contributed by atoms with Gasteiger partial charge in [-0.25, -0.2) is 8.42 Å². The van der Waals surface area contributed by atoms with Crippen molar-refractivity contribution in [1.29, 1.82) is 5.26 Å². The number of hydrogen-bond donors (Lipinski definition) is 1. The van der Waals surface area contributed by atoms with Crippen LogP contribution in [-0.2, 0) is 14.8 Å². The first kappa shape index (κ1) is 14.3. The average Bonchev–Trinajstić information content (AvgIpc) is 2.27. The van der Waals surface area contributed by atoms with Gasteiger partial charge in [-0.1, -0.05) is 0 Å². The summed E-state index contributed by atoms with van der Waals surface area (Å²) in [7, 11) is -3.71. The highest BCUT2D eigenvalue weighted by molar-refractivity contribution is 7.99. The van der Waals surface area contributed by atoms with Crippen molar-refractivity contribution in [3.8, 4) is 6.07 Å². The van der Waals surface area contributed by atoms with E-state index in [0.717, 1.165) is 0 Å². The maximum absolute atomic E-state index is 12.0. The van der Waals surface area contributed by atoms with Crippen LogP contribution in [0.15, 0.2) is 0 Å². The van der Waals surface area contributed by atoms with Crippen LogP contribution in [0.2, 0.25) is 0 Å². The molecule has 1 saturated heterocycles. The molecule has 1 fully saturated rings. The lowest BCUT2D eigenvalue weighted by atomic mass is 10.2. The molecule has 96 valence electrons. The van der Waals surface area contributed by atoms with Crippen LogP contribution in [0.25, 0.3) is 0 Å². The molecule has 1 rings (SSSR count). The zero-order valence-electron chi connectivity index (χ0n) is 9.37. The molecule has 0 aliphatic carbocycles. The van der Waals surface area contributed by atoms with Gasteiger partial charge < -0.3 is 5.11 Å². The molecule has 0 aromatic heterocycles. The number of sulfonamides is 1. The number of nitrogens with zero attached hydrogens (tertiary/aromatic N) is 2. The molecular weight excluding hydrogens is 264 g/mol. The zero-order valence-corrected chi connectivity index (χ0v) is 11.0. The summed E-state index contributed by atoms with van der Waals surface area (Å²) in [5, 5.41) is 16.3. The summed E-state index contributed by atoms with van der Waals surface area (Å²) in [4.78, 5) is 10.7. The van der Waals surface area contributed by atoms with Crippen LogP contribution < -0.4 is 0 Å². The van der Waals surface area contributed by atoms with Crippen LogP contribution >= 0.6 is 11.8 Å². The minimum absolute atomic E-state index is 0.218. The van der Waals surface area contributed by atoms with Gasteiger partial charge in [0.25, 0.3) is 0 Å². The number of carboxylic acid groups (broad SMARTS) is 1. The van der Waals surface area contributed by atoms with Crippen LogP contribution in [0.1, 0.15) is 13.3 Å². The number of thioether (sulfide) groups is 1. The van der Waals surface area contributed by atoms with Gasteiger partial charge in [0.15, 0.2) is 5.25 Å². The summed E-state index contributed by atoms with van der Waals surface area (Å²) in [6, 6.07) is 1.14. The van der Waals surface area contributed by atoms with Gasteiger partial charge in [0, 0.05) is 24.1 Å². The highest BCUT2D eigenvalue weighted by Gasteiger charge is 2.37. The zero-order chi connectivity index (χ0) is 13.1. The molecule has 1 heterocycles. The maximum Gasteiger partial charge on any atom is 0.305 e. The predicted molar refractivity (Wildman–Crippen MR) is 64.1 cm³/mol. The molecule has 0 aromatic carbocycles. The molecule has 1 aliphatic heterocycles. The van der Waals surface area contributed by atoms with Crippen molar-refractivity contribution >= 4 is 27.8 Å². The highest BCUT2D eigenvalue weighted by Crippen LogP contribution is 2.24. The van der Waals surface area contributed by atoms with E-state index in [0.29, 0.717) is 11.5 Å². The first-order valence-corrected chi connectivity index (χ1v) is 7.75. The van der Waals surface area contributed by atoms with E-state index in [2.05, 4.69) is 0 Å².